The van der Waals surface area contributed by atoms with Gasteiger partial charge >= 0.3 is 6.09 Å². The van der Waals surface area contributed by atoms with Crippen LogP contribution in [-0.4, -0.2) is 28.7 Å². The maximum Gasteiger partial charge on any atom is 0.411 e. The van der Waals surface area contributed by atoms with Crippen LogP contribution in [0.3, 0.4) is 0 Å². The Hall–Kier alpha value is -4.49. The Kier molecular flexibility index (Phi) is 8.19. The standard InChI is InChI=1S/C26H25N5O4S/c1-4-31(25(36)35-24(28)33)22-12-11-21(15-29-22)34-20-10-6-9-19(14-20)30-23(32)17-7-5-8-18(13-17)26(2,3)16-27/h5-15H,4H2,1-3H3,(H2,28,33)(H,30,32). The van der Waals surface area contributed by atoms with Crippen LogP contribution in [-0.2, 0) is 10.2 Å². The second-order valence-electron chi connectivity index (χ2n) is 8.18. The van der Waals surface area contributed by atoms with Gasteiger partial charge in [-0.25, -0.2) is 9.78 Å². The molecule has 2 amide bonds. The van der Waals surface area contributed by atoms with E-state index >= 15 is 0 Å². The molecule has 2 aromatic carbocycles. The van der Waals surface area contributed by atoms with E-state index in [-0.39, 0.29) is 11.1 Å². The molecule has 0 radical (unpaired) electrons. The molecule has 3 aromatic rings. The molecule has 3 N–H and O–H groups in total. The van der Waals surface area contributed by atoms with E-state index in [4.69, 9.17) is 27.4 Å². The first-order valence-corrected chi connectivity index (χ1v) is 11.4. The van der Waals surface area contributed by atoms with Crippen molar-refractivity contribution in [3.05, 3.63) is 78.0 Å². The van der Waals surface area contributed by atoms with Crippen LogP contribution in [0.2, 0.25) is 0 Å². The van der Waals surface area contributed by atoms with Gasteiger partial charge in [0.2, 0.25) is 0 Å². The van der Waals surface area contributed by atoms with E-state index in [0.717, 1.165) is 5.56 Å². The molecule has 0 spiro atoms. The third-order valence-electron chi connectivity index (χ3n) is 5.18. The molecule has 0 atom stereocenters. The van der Waals surface area contributed by atoms with Crippen molar-refractivity contribution in [2.45, 2.75) is 26.2 Å². The number of nitrogens with two attached hydrogens (primary N) is 1. The van der Waals surface area contributed by atoms with Gasteiger partial charge in [-0.05, 0) is 75.0 Å². The molecule has 0 saturated carbocycles. The number of benzene rings is 2. The van der Waals surface area contributed by atoms with Crippen molar-refractivity contribution >= 4 is 40.9 Å². The van der Waals surface area contributed by atoms with Crippen molar-refractivity contribution < 1.29 is 19.1 Å². The SMILES string of the molecule is CCN(C(=S)OC(N)=O)c1ccc(Oc2cccc(NC(=O)c3cccc(C(C)(C)C#N)c3)c2)cn1. The molecule has 3 rings (SSSR count). The molecule has 0 saturated heterocycles. The summed E-state index contributed by atoms with van der Waals surface area (Å²) in [5.41, 5.74) is 6.06. The van der Waals surface area contributed by atoms with E-state index in [9.17, 15) is 14.9 Å². The van der Waals surface area contributed by atoms with E-state index in [1.54, 1.807) is 68.4 Å². The molecule has 0 aliphatic rings. The first kappa shape index (κ1) is 26.1. The lowest BCUT2D eigenvalue weighted by Crippen LogP contribution is -2.34. The fourth-order valence-corrected chi connectivity index (χ4v) is 3.51. The van der Waals surface area contributed by atoms with Crippen molar-refractivity contribution in [2.75, 3.05) is 16.8 Å². The zero-order chi connectivity index (χ0) is 26.3. The summed E-state index contributed by atoms with van der Waals surface area (Å²) in [6, 6.07) is 19.5. The minimum Gasteiger partial charge on any atom is -0.456 e. The molecule has 0 unspecified atom stereocenters. The molecular weight excluding hydrogens is 478 g/mol. The number of primary amides is 1. The lowest BCUT2D eigenvalue weighted by Gasteiger charge is -2.20. The van der Waals surface area contributed by atoms with Crippen LogP contribution in [0, 0.1) is 11.3 Å². The molecule has 0 bridgehead atoms. The highest BCUT2D eigenvalue weighted by Crippen LogP contribution is 2.26. The van der Waals surface area contributed by atoms with E-state index in [0.29, 0.717) is 35.1 Å². The Morgan fingerprint density at radius 3 is 2.53 bits per heavy atom. The van der Waals surface area contributed by atoms with E-state index in [1.807, 2.05) is 13.0 Å². The molecule has 0 aliphatic heterocycles. The second kappa shape index (κ2) is 11.3. The Labute approximate surface area is 214 Å². The first-order valence-electron chi connectivity index (χ1n) is 11.0. The summed E-state index contributed by atoms with van der Waals surface area (Å²) in [7, 11) is 0. The number of hydrogen-bond donors (Lipinski definition) is 2. The molecular formula is C26H25N5O4S. The van der Waals surface area contributed by atoms with Gasteiger partial charge in [0.05, 0.1) is 17.7 Å². The quantitative estimate of drug-likeness (QED) is 0.424. The molecule has 10 heteroatoms. The van der Waals surface area contributed by atoms with Crippen molar-refractivity contribution in [2.24, 2.45) is 5.73 Å². The monoisotopic (exact) mass is 503 g/mol. The number of carbonyl (C=O) groups excluding carboxylic acids is 2. The van der Waals surface area contributed by atoms with Crippen molar-refractivity contribution in [3.63, 3.8) is 0 Å². The number of carbonyl (C=O) groups is 2. The summed E-state index contributed by atoms with van der Waals surface area (Å²) in [5.74, 6) is 1.09. The van der Waals surface area contributed by atoms with Gasteiger partial charge < -0.3 is 20.5 Å². The summed E-state index contributed by atoms with van der Waals surface area (Å²) < 4.78 is 10.6. The van der Waals surface area contributed by atoms with Gasteiger partial charge in [0.25, 0.3) is 11.1 Å². The van der Waals surface area contributed by atoms with Crippen LogP contribution in [0.15, 0.2) is 66.9 Å². The van der Waals surface area contributed by atoms with Gasteiger partial charge in [0.15, 0.2) is 0 Å². The zero-order valence-electron chi connectivity index (χ0n) is 20.0. The minimum atomic E-state index is -0.996. The number of anilines is 2. The number of amides is 2. The highest BCUT2D eigenvalue weighted by molar-refractivity contribution is 7.80. The smallest absolute Gasteiger partial charge is 0.411 e. The van der Waals surface area contributed by atoms with Crippen molar-refractivity contribution in [1.29, 1.82) is 5.26 Å². The molecule has 0 fully saturated rings. The normalized spacial score (nSPS) is 10.6. The van der Waals surface area contributed by atoms with Crippen LogP contribution in [0.5, 0.6) is 11.5 Å². The predicted molar refractivity (Wildman–Crippen MR) is 140 cm³/mol. The fraction of sp³-hybridized carbons (Fsp3) is 0.192. The molecule has 0 aliphatic carbocycles. The molecule has 184 valence electrons. The molecule has 9 nitrogen and oxygen atoms in total. The van der Waals surface area contributed by atoms with E-state index < -0.39 is 11.5 Å². The fourth-order valence-electron chi connectivity index (χ4n) is 3.21. The number of pyridine rings is 1. The molecule has 1 heterocycles. The van der Waals surface area contributed by atoms with Gasteiger partial charge in [-0.1, -0.05) is 18.2 Å². The summed E-state index contributed by atoms with van der Waals surface area (Å²) in [6.45, 7) is 5.84. The average molecular weight is 504 g/mol. The van der Waals surface area contributed by atoms with Gasteiger partial charge in [0.1, 0.15) is 17.3 Å². The third-order valence-corrected chi connectivity index (χ3v) is 5.48. The number of nitriles is 1. The summed E-state index contributed by atoms with van der Waals surface area (Å²) in [5, 5.41) is 12.1. The van der Waals surface area contributed by atoms with Gasteiger partial charge in [-0.2, -0.15) is 5.26 Å². The number of ether oxygens (including phenoxy) is 2. The lowest BCUT2D eigenvalue weighted by atomic mass is 9.85. The maximum absolute atomic E-state index is 12.8. The van der Waals surface area contributed by atoms with Crippen LogP contribution >= 0.6 is 12.2 Å². The van der Waals surface area contributed by atoms with E-state index in [2.05, 4.69) is 16.4 Å². The molecule has 36 heavy (non-hydrogen) atoms. The first-order chi connectivity index (χ1) is 17.1. The molecule has 1 aromatic heterocycles. The lowest BCUT2D eigenvalue weighted by molar-refractivity contribution is 0.102. The zero-order valence-corrected chi connectivity index (χ0v) is 20.8. The summed E-state index contributed by atoms with van der Waals surface area (Å²) in [4.78, 5) is 29.6. The number of thiocarbonyl (C=S) groups is 1. The minimum absolute atomic E-state index is 0.101. The Balaban J connectivity index is 1.70. The number of nitrogens with one attached hydrogen (secondary N) is 1. The predicted octanol–water partition coefficient (Wildman–Crippen LogP) is 5.13. The number of hydrogen-bond acceptors (Lipinski definition) is 7. The Morgan fingerprint density at radius 2 is 1.89 bits per heavy atom. The maximum atomic E-state index is 12.8. The number of aromatic nitrogens is 1. The van der Waals surface area contributed by atoms with Crippen LogP contribution < -0.4 is 20.7 Å². The van der Waals surface area contributed by atoms with Gasteiger partial charge in [-0.15, -0.1) is 0 Å². The largest absolute Gasteiger partial charge is 0.456 e. The second-order valence-corrected chi connectivity index (χ2v) is 8.53. The van der Waals surface area contributed by atoms with Crippen LogP contribution in [0.25, 0.3) is 0 Å². The highest BCUT2D eigenvalue weighted by Gasteiger charge is 2.21. The van der Waals surface area contributed by atoms with Gasteiger partial charge in [-0.3, -0.25) is 9.69 Å². The van der Waals surface area contributed by atoms with Crippen molar-refractivity contribution in [3.8, 4) is 17.6 Å². The van der Waals surface area contributed by atoms with Crippen LogP contribution in [0.4, 0.5) is 16.3 Å². The third kappa shape index (κ3) is 6.55. The average Bonchev–Trinajstić information content (AvgIpc) is 2.85. The Bertz CT molecular complexity index is 1320. The Morgan fingerprint density at radius 1 is 1.14 bits per heavy atom. The van der Waals surface area contributed by atoms with Gasteiger partial charge in [0, 0.05) is 23.9 Å². The summed E-state index contributed by atoms with van der Waals surface area (Å²) in [6.07, 6.45) is 0.502. The highest BCUT2D eigenvalue weighted by atomic mass is 32.1. The topological polar surface area (TPSA) is 131 Å². The van der Waals surface area contributed by atoms with Crippen molar-refractivity contribution in [1.82, 2.24) is 4.98 Å². The summed E-state index contributed by atoms with van der Waals surface area (Å²) >= 11 is 5.07. The van der Waals surface area contributed by atoms with Crippen LogP contribution in [0.1, 0.15) is 36.7 Å². The number of nitrogens with zero attached hydrogens (tertiary/aromatic N) is 3. The van der Waals surface area contributed by atoms with E-state index in [1.165, 1.54) is 11.1 Å². The number of rotatable bonds is 7.